The Balaban J connectivity index is 2.52. The molecule has 2 aromatic rings. The Labute approximate surface area is 105 Å². The molecule has 0 aromatic carbocycles. The summed E-state index contributed by atoms with van der Waals surface area (Å²) in [5, 5.41) is 7.76. The topological polar surface area (TPSA) is 60.7 Å². The standard InChI is InChI=1S/C9H6BrClN4O/c1-15-7(9(10)13-14-15)8(16)6-5(11)3-2-4-12-6/h2-4H,1H3. The van der Waals surface area contributed by atoms with Crippen molar-refractivity contribution in [1.82, 2.24) is 20.0 Å². The van der Waals surface area contributed by atoms with Crippen LogP contribution in [0.3, 0.4) is 0 Å². The Morgan fingerprint density at radius 3 is 2.88 bits per heavy atom. The highest BCUT2D eigenvalue weighted by atomic mass is 79.9. The third kappa shape index (κ3) is 1.85. The maximum absolute atomic E-state index is 12.1. The van der Waals surface area contributed by atoms with Gasteiger partial charge in [-0.3, -0.25) is 9.78 Å². The van der Waals surface area contributed by atoms with Crippen LogP contribution in [0.25, 0.3) is 0 Å². The summed E-state index contributed by atoms with van der Waals surface area (Å²) in [5.74, 6) is -0.315. The molecule has 0 bridgehead atoms. The molecule has 0 N–H and O–H groups in total. The summed E-state index contributed by atoms with van der Waals surface area (Å²) >= 11 is 9.05. The lowest BCUT2D eigenvalue weighted by molar-refractivity contribution is 0.102. The van der Waals surface area contributed by atoms with E-state index in [4.69, 9.17) is 11.6 Å². The van der Waals surface area contributed by atoms with Crippen molar-refractivity contribution in [3.8, 4) is 0 Å². The quantitative estimate of drug-likeness (QED) is 0.794. The highest BCUT2D eigenvalue weighted by molar-refractivity contribution is 9.10. The van der Waals surface area contributed by atoms with Gasteiger partial charge in [0.05, 0.1) is 5.02 Å². The fraction of sp³-hybridized carbons (Fsp3) is 0.111. The average molecular weight is 302 g/mol. The van der Waals surface area contributed by atoms with Gasteiger partial charge in [0.25, 0.3) is 0 Å². The number of nitrogens with zero attached hydrogens (tertiary/aromatic N) is 4. The molecule has 0 amide bonds. The second-order valence-electron chi connectivity index (χ2n) is 3.02. The van der Waals surface area contributed by atoms with E-state index >= 15 is 0 Å². The number of hydrogen-bond acceptors (Lipinski definition) is 4. The predicted molar refractivity (Wildman–Crippen MR) is 61.4 cm³/mol. The van der Waals surface area contributed by atoms with Gasteiger partial charge in [0.2, 0.25) is 5.78 Å². The van der Waals surface area contributed by atoms with E-state index < -0.39 is 0 Å². The van der Waals surface area contributed by atoms with Gasteiger partial charge in [0, 0.05) is 13.2 Å². The van der Waals surface area contributed by atoms with Gasteiger partial charge in [-0.15, -0.1) is 5.10 Å². The third-order valence-corrected chi connectivity index (χ3v) is 2.81. The van der Waals surface area contributed by atoms with E-state index in [2.05, 4.69) is 31.2 Å². The maximum Gasteiger partial charge on any atom is 0.233 e. The number of hydrogen-bond donors (Lipinski definition) is 0. The lowest BCUT2D eigenvalue weighted by Gasteiger charge is -2.01. The molecule has 16 heavy (non-hydrogen) atoms. The molecule has 0 fully saturated rings. The number of carbonyl (C=O) groups is 1. The number of rotatable bonds is 2. The van der Waals surface area contributed by atoms with Crippen LogP contribution in [-0.2, 0) is 7.05 Å². The van der Waals surface area contributed by atoms with Gasteiger partial charge in [-0.2, -0.15) is 0 Å². The fourth-order valence-electron chi connectivity index (χ4n) is 1.24. The summed E-state index contributed by atoms with van der Waals surface area (Å²) in [6.45, 7) is 0. The van der Waals surface area contributed by atoms with Crippen LogP contribution < -0.4 is 0 Å². The molecule has 0 atom stereocenters. The molecule has 82 valence electrons. The largest absolute Gasteiger partial charge is 0.285 e. The Bertz CT molecular complexity index is 535. The first-order valence-corrected chi connectivity index (χ1v) is 5.48. The van der Waals surface area contributed by atoms with Gasteiger partial charge < -0.3 is 0 Å². The molecular weight excluding hydrogens is 295 g/mol. The van der Waals surface area contributed by atoms with Gasteiger partial charge in [-0.1, -0.05) is 16.8 Å². The zero-order valence-corrected chi connectivity index (χ0v) is 10.5. The first kappa shape index (κ1) is 11.2. The molecule has 0 aliphatic heterocycles. The lowest BCUT2D eigenvalue weighted by Crippen LogP contribution is -2.11. The van der Waals surface area contributed by atoms with Crippen molar-refractivity contribution in [3.05, 3.63) is 39.3 Å². The van der Waals surface area contributed by atoms with Crippen LogP contribution in [0.4, 0.5) is 0 Å². The smallest absolute Gasteiger partial charge is 0.233 e. The summed E-state index contributed by atoms with van der Waals surface area (Å²) in [5.41, 5.74) is 0.510. The molecular formula is C9H6BrClN4O. The monoisotopic (exact) mass is 300 g/mol. The van der Waals surface area contributed by atoms with E-state index in [0.717, 1.165) is 0 Å². The maximum atomic E-state index is 12.1. The molecule has 0 saturated heterocycles. The van der Waals surface area contributed by atoms with Gasteiger partial charge in [-0.05, 0) is 28.1 Å². The minimum absolute atomic E-state index is 0.190. The Morgan fingerprint density at radius 2 is 2.31 bits per heavy atom. The molecule has 0 spiro atoms. The number of halogens is 2. The fourth-order valence-corrected chi connectivity index (χ4v) is 1.95. The molecule has 2 rings (SSSR count). The van der Waals surface area contributed by atoms with Crippen LogP contribution in [0.15, 0.2) is 22.9 Å². The van der Waals surface area contributed by atoms with Crippen molar-refractivity contribution in [2.45, 2.75) is 0 Å². The van der Waals surface area contributed by atoms with E-state index in [0.29, 0.717) is 15.3 Å². The molecule has 0 unspecified atom stereocenters. The first-order valence-electron chi connectivity index (χ1n) is 4.31. The minimum Gasteiger partial charge on any atom is -0.285 e. The Morgan fingerprint density at radius 1 is 1.56 bits per heavy atom. The van der Waals surface area contributed by atoms with Crippen LogP contribution in [0.1, 0.15) is 16.2 Å². The van der Waals surface area contributed by atoms with Crippen LogP contribution in [0.5, 0.6) is 0 Å². The predicted octanol–water partition coefficient (Wildman–Crippen LogP) is 1.86. The van der Waals surface area contributed by atoms with Gasteiger partial charge >= 0.3 is 0 Å². The van der Waals surface area contributed by atoms with Gasteiger partial charge in [-0.25, -0.2) is 4.68 Å². The number of carbonyl (C=O) groups excluding carboxylic acids is 1. The van der Waals surface area contributed by atoms with E-state index in [-0.39, 0.29) is 11.5 Å². The van der Waals surface area contributed by atoms with Crippen molar-refractivity contribution in [2.24, 2.45) is 7.05 Å². The van der Waals surface area contributed by atoms with Crippen molar-refractivity contribution < 1.29 is 4.79 Å². The summed E-state index contributed by atoms with van der Waals surface area (Å²) in [7, 11) is 1.63. The second kappa shape index (κ2) is 4.31. The van der Waals surface area contributed by atoms with Crippen molar-refractivity contribution in [3.63, 3.8) is 0 Å². The van der Waals surface area contributed by atoms with Crippen molar-refractivity contribution in [1.29, 1.82) is 0 Å². The van der Waals surface area contributed by atoms with Gasteiger partial charge in [0.1, 0.15) is 11.4 Å². The minimum atomic E-state index is -0.315. The molecule has 5 nitrogen and oxygen atoms in total. The third-order valence-electron chi connectivity index (χ3n) is 1.97. The molecule has 0 aliphatic rings. The van der Waals surface area contributed by atoms with Crippen LogP contribution >= 0.6 is 27.5 Å². The number of ketones is 1. The molecule has 2 heterocycles. The van der Waals surface area contributed by atoms with Crippen LogP contribution in [0, 0.1) is 0 Å². The molecule has 2 aromatic heterocycles. The summed E-state index contributed by atoms with van der Waals surface area (Å²) in [6.07, 6.45) is 1.51. The van der Waals surface area contributed by atoms with E-state index in [1.807, 2.05) is 0 Å². The highest BCUT2D eigenvalue weighted by Gasteiger charge is 2.21. The van der Waals surface area contributed by atoms with E-state index in [9.17, 15) is 4.79 Å². The van der Waals surface area contributed by atoms with Crippen molar-refractivity contribution in [2.75, 3.05) is 0 Å². The zero-order valence-electron chi connectivity index (χ0n) is 8.19. The number of aryl methyl sites for hydroxylation is 1. The number of aromatic nitrogens is 4. The Kier molecular flexibility index (Phi) is 3.02. The highest BCUT2D eigenvalue weighted by Crippen LogP contribution is 2.20. The molecule has 0 saturated carbocycles. The summed E-state index contributed by atoms with van der Waals surface area (Å²) < 4.78 is 1.75. The Hall–Kier alpha value is -1.27. The average Bonchev–Trinajstić information content (AvgIpc) is 2.58. The van der Waals surface area contributed by atoms with Crippen LogP contribution in [-0.4, -0.2) is 25.8 Å². The van der Waals surface area contributed by atoms with Crippen LogP contribution in [0.2, 0.25) is 5.02 Å². The molecule has 7 heteroatoms. The zero-order chi connectivity index (χ0) is 11.7. The number of pyridine rings is 1. The normalized spacial score (nSPS) is 10.4. The van der Waals surface area contributed by atoms with Crippen molar-refractivity contribution >= 4 is 33.3 Å². The first-order chi connectivity index (χ1) is 7.61. The molecule has 0 aliphatic carbocycles. The van der Waals surface area contributed by atoms with Gasteiger partial charge in [0.15, 0.2) is 4.60 Å². The molecule has 0 radical (unpaired) electrons. The SMILES string of the molecule is Cn1nnc(Br)c1C(=O)c1ncccc1Cl. The summed E-state index contributed by atoms with van der Waals surface area (Å²) in [4.78, 5) is 16.0. The lowest BCUT2D eigenvalue weighted by atomic mass is 10.2. The second-order valence-corrected chi connectivity index (χ2v) is 4.17. The van der Waals surface area contributed by atoms with E-state index in [1.54, 1.807) is 19.2 Å². The van der Waals surface area contributed by atoms with E-state index in [1.165, 1.54) is 10.9 Å². The summed E-state index contributed by atoms with van der Waals surface area (Å²) in [6, 6.07) is 3.27.